The molecule has 0 spiro atoms. The molecule has 0 aromatic carbocycles. The van der Waals surface area contributed by atoms with E-state index < -0.39 is 5.97 Å². The molecule has 0 bridgehead atoms. The van der Waals surface area contributed by atoms with Crippen LogP contribution in [0.25, 0.3) is 0 Å². The molecule has 0 fully saturated rings. The standard InChI is InChI=1S/C13H17NO2/c1-8(2)12-9-5-3-4-6-11(9)14-7-10(12)13(15)16/h7-8H,3-6H2,1-2H3,(H,15,16). The summed E-state index contributed by atoms with van der Waals surface area (Å²) in [5.74, 6) is -0.606. The first-order chi connectivity index (χ1) is 7.61. The van der Waals surface area contributed by atoms with Crippen LogP contribution in [0.1, 0.15) is 59.8 Å². The van der Waals surface area contributed by atoms with Crippen LogP contribution in [0.15, 0.2) is 6.20 Å². The summed E-state index contributed by atoms with van der Waals surface area (Å²) in [6.07, 6.45) is 5.83. The van der Waals surface area contributed by atoms with Gasteiger partial charge in [-0.25, -0.2) is 4.79 Å². The molecule has 3 heteroatoms. The second-order valence-electron chi connectivity index (χ2n) is 4.68. The molecule has 1 aliphatic rings. The number of hydrogen-bond acceptors (Lipinski definition) is 2. The lowest BCUT2D eigenvalue weighted by Gasteiger charge is -2.22. The van der Waals surface area contributed by atoms with Gasteiger partial charge in [-0.3, -0.25) is 4.98 Å². The number of aromatic nitrogens is 1. The Morgan fingerprint density at radius 3 is 2.69 bits per heavy atom. The highest BCUT2D eigenvalue weighted by molar-refractivity contribution is 5.89. The first-order valence-electron chi connectivity index (χ1n) is 5.85. The molecule has 0 radical (unpaired) electrons. The fourth-order valence-corrected chi connectivity index (χ4v) is 2.53. The molecule has 86 valence electrons. The van der Waals surface area contributed by atoms with Gasteiger partial charge in [-0.1, -0.05) is 13.8 Å². The number of carboxylic acids is 1. The van der Waals surface area contributed by atoms with E-state index >= 15 is 0 Å². The van der Waals surface area contributed by atoms with E-state index in [-0.39, 0.29) is 5.92 Å². The van der Waals surface area contributed by atoms with Crippen LogP contribution >= 0.6 is 0 Å². The number of aromatic carboxylic acids is 1. The molecule has 16 heavy (non-hydrogen) atoms. The Labute approximate surface area is 95.5 Å². The molecule has 3 nitrogen and oxygen atoms in total. The summed E-state index contributed by atoms with van der Waals surface area (Å²) >= 11 is 0. The van der Waals surface area contributed by atoms with Gasteiger partial charge in [-0.2, -0.15) is 0 Å². The van der Waals surface area contributed by atoms with E-state index in [2.05, 4.69) is 18.8 Å². The highest BCUT2D eigenvalue weighted by Crippen LogP contribution is 2.30. The molecule has 0 aliphatic heterocycles. The van der Waals surface area contributed by atoms with Gasteiger partial charge in [0.15, 0.2) is 0 Å². The van der Waals surface area contributed by atoms with E-state index in [9.17, 15) is 9.90 Å². The van der Waals surface area contributed by atoms with Crippen molar-refractivity contribution in [2.24, 2.45) is 0 Å². The Balaban J connectivity index is 2.61. The van der Waals surface area contributed by atoms with Gasteiger partial charge >= 0.3 is 5.97 Å². The monoisotopic (exact) mass is 219 g/mol. The van der Waals surface area contributed by atoms with Gasteiger partial charge in [0, 0.05) is 11.9 Å². The summed E-state index contributed by atoms with van der Waals surface area (Å²) < 4.78 is 0. The molecule has 1 aromatic rings. The zero-order valence-electron chi connectivity index (χ0n) is 9.79. The van der Waals surface area contributed by atoms with Gasteiger partial charge in [0.1, 0.15) is 0 Å². The van der Waals surface area contributed by atoms with Crippen molar-refractivity contribution in [3.05, 3.63) is 28.6 Å². The number of carboxylic acid groups (broad SMARTS) is 1. The van der Waals surface area contributed by atoms with Crippen molar-refractivity contribution in [2.75, 3.05) is 0 Å². The quantitative estimate of drug-likeness (QED) is 0.832. The van der Waals surface area contributed by atoms with Crippen molar-refractivity contribution in [1.29, 1.82) is 0 Å². The van der Waals surface area contributed by atoms with Crippen molar-refractivity contribution < 1.29 is 9.90 Å². The molecule has 0 saturated carbocycles. The number of nitrogens with zero attached hydrogens (tertiary/aromatic N) is 1. The van der Waals surface area contributed by atoms with Crippen LogP contribution < -0.4 is 0 Å². The molecule has 1 aromatic heterocycles. The maximum absolute atomic E-state index is 11.2. The van der Waals surface area contributed by atoms with E-state index in [1.165, 1.54) is 18.2 Å². The van der Waals surface area contributed by atoms with Gasteiger partial charge in [0.2, 0.25) is 0 Å². The molecule has 0 saturated heterocycles. The topological polar surface area (TPSA) is 50.2 Å². The molecular weight excluding hydrogens is 202 g/mol. The van der Waals surface area contributed by atoms with Crippen LogP contribution in [0.5, 0.6) is 0 Å². The average molecular weight is 219 g/mol. The van der Waals surface area contributed by atoms with Gasteiger partial charge < -0.3 is 5.11 Å². The summed E-state index contributed by atoms with van der Waals surface area (Å²) in [6, 6.07) is 0. The summed E-state index contributed by atoms with van der Waals surface area (Å²) in [7, 11) is 0. The van der Waals surface area contributed by atoms with Crippen molar-refractivity contribution in [3.63, 3.8) is 0 Å². The third kappa shape index (κ3) is 1.82. The van der Waals surface area contributed by atoms with Gasteiger partial charge in [-0.15, -0.1) is 0 Å². The van der Waals surface area contributed by atoms with Crippen LogP contribution in [0, 0.1) is 0 Å². The smallest absolute Gasteiger partial charge is 0.337 e. The maximum atomic E-state index is 11.2. The van der Waals surface area contributed by atoms with Crippen LogP contribution in [-0.4, -0.2) is 16.1 Å². The Morgan fingerprint density at radius 2 is 2.06 bits per heavy atom. The molecule has 2 rings (SSSR count). The first-order valence-corrected chi connectivity index (χ1v) is 5.85. The normalized spacial score (nSPS) is 14.9. The lowest BCUT2D eigenvalue weighted by molar-refractivity contribution is 0.0694. The fourth-order valence-electron chi connectivity index (χ4n) is 2.53. The number of hydrogen-bond donors (Lipinski definition) is 1. The third-order valence-electron chi connectivity index (χ3n) is 3.21. The van der Waals surface area contributed by atoms with Crippen molar-refractivity contribution in [3.8, 4) is 0 Å². The molecular formula is C13H17NO2. The minimum Gasteiger partial charge on any atom is -0.478 e. The second-order valence-corrected chi connectivity index (χ2v) is 4.68. The minimum atomic E-state index is -0.857. The zero-order chi connectivity index (χ0) is 11.7. The number of rotatable bonds is 2. The summed E-state index contributed by atoms with van der Waals surface area (Å²) in [4.78, 5) is 15.5. The minimum absolute atomic E-state index is 0.251. The lowest BCUT2D eigenvalue weighted by atomic mass is 9.85. The van der Waals surface area contributed by atoms with E-state index in [1.54, 1.807) is 0 Å². The highest BCUT2D eigenvalue weighted by atomic mass is 16.4. The molecule has 1 aliphatic carbocycles. The number of aryl methyl sites for hydroxylation is 1. The molecule has 0 unspecified atom stereocenters. The van der Waals surface area contributed by atoms with Crippen molar-refractivity contribution in [2.45, 2.75) is 45.4 Å². The van der Waals surface area contributed by atoms with E-state index in [4.69, 9.17) is 0 Å². The van der Waals surface area contributed by atoms with Gasteiger partial charge in [0.05, 0.1) is 5.56 Å². The summed E-state index contributed by atoms with van der Waals surface area (Å²) in [5.41, 5.74) is 3.69. The molecule has 1 heterocycles. The summed E-state index contributed by atoms with van der Waals surface area (Å²) in [6.45, 7) is 4.10. The lowest BCUT2D eigenvalue weighted by Crippen LogP contribution is -2.15. The largest absolute Gasteiger partial charge is 0.478 e. The number of carbonyl (C=O) groups is 1. The summed E-state index contributed by atoms with van der Waals surface area (Å²) in [5, 5.41) is 9.18. The van der Waals surface area contributed by atoms with Crippen LogP contribution in [-0.2, 0) is 12.8 Å². The Kier molecular flexibility index (Phi) is 2.95. The fraction of sp³-hybridized carbons (Fsp3) is 0.538. The molecule has 0 atom stereocenters. The Morgan fingerprint density at radius 1 is 1.38 bits per heavy atom. The first kappa shape index (κ1) is 11.1. The Hall–Kier alpha value is -1.38. The van der Waals surface area contributed by atoms with Gasteiger partial charge in [0.25, 0.3) is 0 Å². The predicted molar refractivity (Wildman–Crippen MR) is 61.9 cm³/mol. The maximum Gasteiger partial charge on any atom is 0.337 e. The van der Waals surface area contributed by atoms with Crippen LogP contribution in [0.3, 0.4) is 0 Å². The highest BCUT2D eigenvalue weighted by Gasteiger charge is 2.22. The van der Waals surface area contributed by atoms with Crippen LogP contribution in [0.4, 0.5) is 0 Å². The van der Waals surface area contributed by atoms with Crippen LogP contribution in [0.2, 0.25) is 0 Å². The number of fused-ring (bicyclic) bond motifs is 1. The molecule has 0 amide bonds. The van der Waals surface area contributed by atoms with E-state index in [0.29, 0.717) is 5.56 Å². The number of pyridine rings is 1. The third-order valence-corrected chi connectivity index (χ3v) is 3.21. The van der Waals surface area contributed by atoms with E-state index in [1.807, 2.05) is 0 Å². The van der Waals surface area contributed by atoms with Crippen molar-refractivity contribution >= 4 is 5.97 Å². The average Bonchev–Trinajstić information content (AvgIpc) is 2.27. The van der Waals surface area contributed by atoms with Gasteiger partial charge in [-0.05, 0) is 42.7 Å². The van der Waals surface area contributed by atoms with Crippen molar-refractivity contribution in [1.82, 2.24) is 4.98 Å². The molecule has 1 N–H and O–H groups in total. The second kappa shape index (κ2) is 4.24. The van der Waals surface area contributed by atoms with E-state index in [0.717, 1.165) is 30.5 Å². The zero-order valence-corrected chi connectivity index (χ0v) is 9.79. The SMILES string of the molecule is CC(C)c1c(C(=O)O)cnc2c1CCCC2. The Bertz CT molecular complexity index is 424. The predicted octanol–water partition coefficient (Wildman–Crippen LogP) is 2.78.